The van der Waals surface area contributed by atoms with Crippen LogP contribution in [0.15, 0.2) is 79.0 Å². The first kappa shape index (κ1) is 21.9. The zero-order valence-electron chi connectivity index (χ0n) is 18.5. The van der Waals surface area contributed by atoms with Crippen molar-refractivity contribution >= 4 is 14.4 Å². The quantitative estimate of drug-likeness (QED) is 0.496. The predicted octanol–water partition coefficient (Wildman–Crippen LogP) is 6.83. The van der Waals surface area contributed by atoms with Gasteiger partial charge in [0.25, 0.3) is 0 Å². The molecule has 1 aliphatic rings. The monoisotopic (exact) mass is 421 g/mol. The van der Waals surface area contributed by atoms with Gasteiger partial charge in [0, 0.05) is 6.20 Å². The van der Waals surface area contributed by atoms with E-state index in [0.717, 1.165) is 16.9 Å². The van der Waals surface area contributed by atoms with E-state index in [0.29, 0.717) is 0 Å². The molecule has 5 heteroatoms. The van der Waals surface area contributed by atoms with Gasteiger partial charge in [-0.15, -0.1) is 0 Å². The van der Waals surface area contributed by atoms with Crippen LogP contribution in [0.3, 0.4) is 0 Å². The molecule has 0 radical (unpaired) electrons. The van der Waals surface area contributed by atoms with Gasteiger partial charge in [-0.1, -0.05) is 75.4 Å². The van der Waals surface area contributed by atoms with Crippen LogP contribution in [-0.4, -0.2) is 19.3 Å². The Labute approximate surface area is 181 Å². The fourth-order valence-corrected chi connectivity index (χ4v) is 3.95. The van der Waals surface area contributed by atoms with E-state index in [1.807, 2.05) is 72.8 Å². The molecule has 0 bridgehead atoms. The summed E-state index contributed by atoms with van der Waals surface area (Å²) in [7, 11) is -1.89. The van der Waals surface area contributed by atoms with E-state index in [1.54, 1.807) is 11.1 Å². The number of nitrogens with zero attached hydrogens (tertiary/aromatic N) is 1. The maximum atomic E-state index is 12.7. The van der Waals surface area contributed by atoms with Gasteiger partial charge in [0.1, 0.15) is 12.4 Å². The van der Waals surface area contributed by atoms with Crippen molar-refractivity contribution in [1.29, 1.82) is 0 Å². The van der Waals surface area contributed by atoms with Crippen molar-refractivity contribution in [2.45, 2.75) is 51.6 Å². The van der Waals surface area contributed by atoms with Crippen molar-refractivity contribution in [2.75, 3.05) is 0 Å². The lowest BCUT2D eigenvalue weighted by Gasteiger charge is -2.36. The minimum Gasteiger partial charge on any atom is -0.544 e. The minimum atomic E-state index is -1.89. The smallest absolute Gasteiger partial charge is 0.414 e. The van der Waals surface area contributed by atoms with Crippen molar-refractivity contribution in [3.8, 4) is 5.75 Å². The molecule has 2 aromatic rings. The normalized spacial score (nSPS) is 16.4. The van der Waals surface area contributed by atoms with Crippen LogP contribution in [0.1, 0.15) is 37.9 Å². The number of allylic oxidation sites excluding steroid dienone is 2. The first-order valence-electron chi connectivity index (χ1n) is 10.3. The van der Waals surface area contributed by atoms with E-state index in [2.05, 4.69) is 33.9 Å². The summed E-state index contributed by atoms with van der Waals surface area (Å²) in [5.41, 5.74) is 1.97. The molecule has 0 saturated heterocycles. The molecule has 0 saturated carbocycles. The minimum absolute atomic E-state index is 0.141. The number of amides is 1. The summed E-state index contributed by atoms with van der Waals surface area (Å²) in [5.74, 6) is 0.874. The zero-order chi connectivity index (χ0) is 21.8. The molecule has 1 heterocycles. The largest absolute Gasteiger partial charge is 0.544 e. The van der Waals surface area contributed by atoms with Gasteiger partial charge in [0.05, 0.1) is 6.04 Å². The molecule has 0 aliphatic carbocycles. The highest BCUT2D eigenvalue weighted by molar-refractivity contribution is 6.74. The second kappa shape index (κ2) is 8.92. The molecule has 0 aromatic heterocycles. The number of rotatable bonds is 5. The summed E-state index contributed by atoms with van der Waals surface area (Å²) in [5, 5.41) is 0.141. The van der Waals surface area contributed by atoms with Gasteiger partial charge >= 0.3 is 6.09 Å². The molecular formula is C25H31NO3Si. The molecule has 0 N–H and O–H groups in total. The van der Waals surface area contributed by atoms with Crippen molar-refractivity contribution in [1.82, 2.24) is 4.90 Å². The van der Waals surface area contributed by atoms with Crippen molar-refractivity contribution < 1.29 is 14.0 Å². The van der Waals surface area contributed by atoms with Gasteiger partial charge in [0.15, 0.2) is 0 Å². The Hall–Kier alpha value is -2.79. The standard InChI is InChI=1S/C25H31NO3Si/c1-25(2,3)30(4,5)29-22-16-14-21(15-17-22)23-13-9-10-18-26(23)24(27)28-19-20-11-7-6-8-12-20/h6-18,23H,19H2,1-5H3/t23-/m1/s1. The summed E-state index contributed by atoms with van der Waals surface area (Å²) >= 11 is 0. The molecular weight excluding hydrogens is 390 g/mol. The second-order valence-corrected chi connectivity index (χ2v) is 13.8. The SMILES string of the molecule is CC(C)(C)[Si](C)(C)Oc1ccc([C@H]2C=CC=CN2C(=O)OCc2ccccc2)cc1. The summed E-state index contributed by atoms with van der Waals surface area (Å²) in [6.45, 7) is 11.4. The Morgan fingerprint density at radius 1 is 1.00 bits per heavy atom. The fourth-order valence-electron chi connectivity index (χ4n) is 2.92. The van der Waals surface area contributed by atoms with Crippen LogP contribution >= 0.6 is 0 Å². The van der Waals surface area contributed by atoms with Gasteiger partial charge < -0.3 is 9.16 Å². The Bertz CT molecular complexity index is 912. The molecule has 1 atom stereocenters. The molecule has 0 fully saturated rings. The number of hydrogen-bond donors (Lipinski definition) is 0. The summed E-state index contributed by atoms with van der Waals surface area (Å²) in [4.78, 5) is 14.3. The third-order valence-corrected chi connectivity index (χ3v) is 10.1. The van der Waals surface area contributed by atoms with Crippen LogP contribution in [0, 0.1) is 0 Å². The fraction of sp³-hybridized carbons (Fsp3) is 0.320. The van der Waals surface area contributed by atoms with Crippen LogP contribution in [-0.2, 0) is 11.3 Å². The van der Waals surface area contributed by atoms with Crippen molar-refractivity contribution in [3.63, 3.8) is 0 Å². The van der Waals surface area contributed by atoms with Crippen molar-refractivity contribution in [2.24, 2.45) is 0 Å². The summed E-state index contributed by atoms with van der Waals surface area (Å²) in [6, 6.07) is 17.5. The number of hydrogen-bond acceptors (Lipinski definition) is 3. The first-order chi connectivity index (χ1) is 14.2. The van der Waals surface area contributed by atoms with Crippen LogP contribution in [0.5, 0.6) is 5.75 Å². The van der Waals surface area contributed by atoms with Gasteiger partial charge in [-0.05, 0) is 47.5 Å². The number of benzene rings is 2. The second-order valence-electron chi connectivity index (χ2n) is 9.05. The van der Waals surface area contributed by atoms with Gasteiger partial charge in [-0.3, -0.25) is 4.90 Å². The predicted molar refractivity (Wildman–Crippen MR) is 124 cm³/mol. The Morgan fingerprint density at radius 2 is 1.67 bits per heavy atom. The molecule has 0 unspecified atom stereocenters. The highest BCUT2D eigenvalue weighted by atomic mass is 28.4. The van der Waals surface area contributed by atoms with E-state index < -0.39 is 8.32 Å². The molecule has 1 amide bonds. The van der Waals surface area contributed by atoms with E-state index in [9.17, 15) is 4.79 Å². The van der Waals surface area contributed by atoms with E-state index in [-0.39, 0.29) is 23.8 Å². The molecule has 4 nitrogen and oxygen atoms in total. The number of ether oxygens (including phenoxy) is 1. The number of carbonyl (C=O) groups is 1. The van der Waals surface area contributed by atoms with Gasteiger partial charge in [-0.2, -0.15) is 0 Å². The van der Waals surface area contributed by atoms with Crippen LogP contribution in [0.2, 0.25) is 18.1 Å². The average Bonchev–Trinajstić information content (AvgIpc) is 2.72. The highest BCUT2D eigenvalue weighted by Gasteiger charge is 2.39. The maximum Gasteiger partial charge on any atom is 0.414 e. The van der Waals surface area contributed by atoms with Crippen molar-refractivity contribution in [3.05, 3.63) is 90.2 Å². The first-order valence-corrected chi connectivity index (χ1v) is 13.2. The zero-order valence-corrected chi connectivity index (χ0v) is 19.5. The number of carbonyl (C=O) groups excluding carboxylic acids is 1. The summed E-state index contributed by atoms with van der Waals surface area (Å²) in [6.07, 6.45) is 7.18. The van der Waals surface area contributed by atoms with Crippen LogP contribution < -0.4 is 4.43 Å². The lowest BCUT2D eigenvalue weighted by atomic mass is 10.0. The topological polar surface area (TPSA) is 38.8 Å². The lowest BCUT2D eigenvalue weighted by molar-refractivity contribution is 0.103. The maximum absolute atomic E-state index is 12.7. The van der Waals surface area contributed by atoms with Gasteiger partial charge in [-0.25, -0.2) is 4.79 Å². The molecule has 158 valence electrons. The Kier molecular flexibility index (Phi) is 6.51. The summed E-state index contributed by atoms with van der Waals surface area (Å²) < 4.78 is 11.9. The van der Waals surface area contributed by atoms with Crippen LogP contribution in [0.4, 0.5) is 4.79 Å². The Balaban J connectivity index is 1.69. The molecule has 2 aromatic carbocycles. The lowest BCUT2D eigenvalue weighted by Crippen LogP contribution is -2.43. The average molecular weight is 422 g/mol. The molecule has 30 heavy (non-hydrogen) atoms. The third kappa shape index (κ3) is 5.22. The Morgan fingerprint density at radius 3 is 2.30 bits per heavy atom. The van der Waals surface area contributed by atoms with Gasteiger partial charge in [0.2, 0.25) is 8.32 Å². The highest BCUT2D eigenvalue weighted by Crippen LogP contribution is 2.37. The van der Waals surface area contributed by atoms with E-state index in [4.69, 9.17) is 9.16 Å². The van der Waals surface area contributed by atoms with Crippen LogP contribution in [0.25, 0.3) is 0 Å². The van der Waals surface area contributed by atoms with E-state index >= 15 is 0 Å². The molecule has 1 aliphatic heterocycles. The molecule has 3 rings (SSSR count). The van der Waals surface area contributed by atoms with E-state index in [1.165, 1.54) is 0 Å². The molecule has 0 spiro atoms. The third-order valence-electron chi connectivity index (χ3n) is 5.77.